The first-order valence-corrected chi connectivity index (χ1v) is 7.44. The summed E-state index contributed by atoms with van der Waals surface area (Å²) in [6.07, 6.45) is 7.61. The second-order valence-electron chi connectivity index (χ2n) is 6.04. The van der Waals surface area contributed by atoms with Crippen LogP contribution in [-0.2, 0) is 13.6 Å². The highest BCUT2D eigenvalue weighted by Gasteiger charge is 2.19. The van der Waals surface area contributed by atoms with Crippen molar-refractivity contribution in [3.63, 3.8) is 0 Å². The van der Waals surface area contributed by atoms with Gasteiger partial charge in [0.25, 0.3) is 0 Å². The molecule has 1 aliphatic carbocycles. The van der Waals surface area contributed by atoms with Crippen LogP contribution < -0.4 is 0 Å². The maximum absolute atomic E-state index is 4.31. The molecule has 0 bridgehead atoms. The Morgan fingerprint density at radius 3 is 2.53 bits per heavy atom. The minimum atomic E-state index is 0.827. The molecule has 0 spiro atoms. The van der Waals surface area contributed by atoms with Crippen LogP contribution in [0.2, 0.25) is 0 Å². The van der Waals surface area contributed by atoms with Gasteiger partial charge in [-0.25, -0.2) is 0 Å². The van der Waals surface area contributed by atoms with Crippen molar-refractivity contribution in [2.75, 3.05) is 27.2 Å². The Bertz CT molecular complexity index is 393. The van der Waals surface area contributed by atoms with Crippen LogP contribution >= 0.6 is 0 Å². The first-order chi connectivity index (χ1) is 9.08. The van der Waals surface area contributed by atoms with Crippen LogP contribution in [0.15, 0.2) is 6.20 Å². The Hall–Kier alpha value is -0.870. The van der Waals surface area contributed by atoms with Crippen molar-refractivity contribution < 1.29 is 0 Å². The Kier molecular flexibility index (Phi) is 4.99. The maximum Gasteiger partial charge on any atom is 0.0537 e. The number of aryl methyl sites for hydroxylation is 1. The lowest BCUT2D eigenvalue weighted by atomic mass is 10.2. The molecule has 0 N–H and O–H groups in total. The number of rotatable bonds is 6. The van der Waals surface area contributed by atoms with Gasteiger partial charge < -0.3 is 9.80 Å². The molecule has 0 aliphatic heterocycles. The van der Waals surface area contributed by atoms with Gasteiger partial charge in [0.2, 0.25) is 0 Å². The number of likely N-dealkylation sites (N-methyl/N-ethyl adjacent to an activating group) is 2. The van der Waals surface area contributed by atoms with E-state index >= 15 is 0 Å². The van der Waals surface area contributed by atoms with E-state index in [1.807, 2.05) is 17.9 Å². The van der Waals surface area contributed by atoms with Gasteiger partial charge in [0.1, 0.15) is 0 Å². The molecule has 0 radical (unpaired) electrons. The van der Waals surface area contributed by atoms with E-state index in [-0.39, 0.29) is 0 Å². The smallest absolute Gasteiger partial charge is 0.0537 e. The average Bonchev–Trinajstić information content (AvgIpc) is 3.02. The van der Waals surface area contributed by atoms with Gasteiger partial charge in [-0.2, -0.15) is 5.10 Å². The Balaban J connectivity index is 1.75. The van der Waals surface area contributed by atoms with E-state index in [0.29, 0.717) is 0 Å². The molecule has 1 aromatic rings. The lowest BCUT2D eigenvalue weighted by molar-refractivity contribution is 0.204. The van der Waals surface area contributed by atoms with E-state index in [1.54, 1.807) is 0 Å². The van der Waals surface area contributed by atoms with Gasteiger partial charge >= 0.3 is 0 Å². The summed E-state index contributed by atoms with van der Waals surface area (Å²) in [7, 11) is 6.49. The number of hydrogen-bond donors (Lipinski definition) is 0. The normalized spacial score (nSPS) is 16.9. The van der Waals surface area contributed by atoms with Crippen LogP contribution in [0, 0.1) is 6.92 Å². The zero-order chi connectivity index (χ0) is 13.8. The predicted molar refractivity (Wildman–Crippen MR) is 79.2 cm³/mol. The molecule has 0 saturated heterocycles. The molecule has 108 valence electrons. The number of nitrogens with zero attached hydrogens (tertiary/aromatic N) is 4. The Labute approximate surface area is 117 Å². The summed E-state index contributed by atoms with van der Waals surface area (Å²) in [5, 5.41) is 4.31. The topological polar surface area (TPSA) is 24.3 Å². The van der Waals surface area contributed by atoms with Crippen molar-refractivity contribution in [2.45, 2.75) is 45.2 Å². The third-order valence-electron chi connectivity index (χ3n) is 4.56. The summed E-state index contributed by atoms with van der Waals surface area (Å²) in [6.45, 7) is 5.43. The Morgan fingerprint density at radius 1 is 1.26 bits per heavy atom. The van der Waals surface area contributed by atoms with Crippen molar-refractivity contribution in [2.24, 2.45) is 7.05 Å². The van der Waals surface area contributed by atoms with Gasteiger partial charge in [-0.15, -0.1) is 0 Å². The fourth-order valence-corrected chi connectivity index (χ4v) is 2.93. The lowest BCUT2D eigenvalue weighted by Gasteiger charge is -2.26. The van der Waals surface area contributed by atoms with E-state index < -0.39 is 0 Å². The molecule has 19 heavy (non-hydrogen) atoms. The van der Waals surface area contributed by atoms with E-state index in [0.717, 1.165) is 19.1 Å². The second kappa shape index (κ2) is 6.53. The van der Waals surface area contributed by atoms with Gasteiger partial charge in [-0.3, -0.25) is 4.68 Å². The molecule has 1 aliphatic rings. The van der Waals surface area contributed by atoms with Crippen molar-refractivity contribution in [1.82, 2.24) is 19.6 Å². The summed E-state index contributed by atoms with van der Waals surface area (Å²) in [5.74, 6) is 0. The molecule has 1 heterocycles. The monoisotopic (exact) mass is 264 g/mol. The van der Waals surface area contributed by atoms with Crippen LogP contribution in [0.25, 0.3) is 0 Å². The van der Waals surface area contributed by atoms with E-state index in [9.17, 15) is 0 Å². The quantitative estimate of drug-likeness (QED) is 0.786. The van der Waals surface area contributed by atoms with Crippen molar-refractivity contribution >= 4 is 0 Å². The molecule has 4 heteroatoms. The molecule has 0 atom stereocenters. The largest absolute Gasteiger partial charge is 0.302 e. The van der Waals surface area contributed by atoms with Gasteiger partial charge in [0, 0.05) is 44.0 Å². The number of hydrogen-bond acceptors (Lipinski definition) is 3. The molecule has 2 rings (SSSR count). The van der Waals surface area contributed by atoms with Gasteiger partial charge in [-0.05, 0) is 33.9 Å². The summed E-state index contributed by atoms with van der Waals surface area (Å²) in [6, 6.07) is 0.827. The third kappa shape index (κ3) is 3.80. The molecule has 0 amide bonds. The zero-order valence-corrected chi connectivity index (χ0v) is 12.9. The van der Waals surface area contributed by atoms with Crippen LogP contribution in [0.4, 0.5) is 0 Å². The minimum absolute atomic E-state index is 0.827. The molecule has 0 aromatic carbocycles. The van der Waals surface area contributed by atoms with Crippen LogP contribution in [0.3, 0.4) is 0 Å². The summed E-state index contributed by atoms with van der Waals surface area (Å²) >= 11 is 0. The fourth-order valence-electron chi connectivity index (χ4n) is 2.93. The van der Waals surface area contributed by atoms with Crippen LogP contribution in [-0.4, -0.2) is 52.8 Å². The van der Waals surface area contributed by atoms with E-state index in [2.05, 4.69) is 35.9 Å². The highest BCUT2D eigenvalue weighted by molar-refractivity contribution is 5.15. The predicted octanol–water partition coefficient (Wildman–Crippen LogP) is 2.03. The SMILES string of the molecule is Cc1c(CN(C)CCN(C)C2CCCC2)cnn1C. The van der Waals surface area contributed by atoms with Gasteiger partial charge in [-0.1, -0.05) is 12.8 Å². The summed E-state index contributed by atoms with van der Waals surface area (Å²) in [5.41, 5.74) is 2.62. The first-order valence-electron chi connectivity index (χ1n) is 7.44. The third-order valence-corrected chi connectivity index (χ3v) is 4.56. The summed E-state index contributed by atoms with van der Waals surface area (Å²) < 4.78 is 1.95. The summed E-state index contributed by atoms with van der Waals surface area (Å²) in [4.78, 5) is 4.94. The molecule has 1 fully saturated rings. The van der Waals surface area contributed by atoms with Crippen LogP contribution in [0.1, 0.15) is 36.9 Å². The average molecular weight is 264 g/mol. The molecule has 1 aromatic heterocycles. The molecular weight excluding hydrogens is 236 g/mol. The molecule has 0 unspecified atom stereocenters. The highest BCUT2D eigenvalue weighted by atomic mass is 15.3. The molecular formula is C15H28N4. The van der Waals surface area contributed by atoms with Crippen molar-refractivity contribution in [3.05, 3.63) is 17.5 Å². The second-order valence-corrected chi connectivity index (χ2v) is 6.04. The van der Waals surface area contributed by atoms with Crippen LogP contribution in [0.5, 0.6) is 0 Å². The standard InChI is InChI=1S/C15H28N4/c1-13-14(11-16-19(13)4)12-17(2)9-10-18(3)15-7-5-6-8-15/h11,15H,5-10,12H2,1-4H3. The molecule has 1 saturated carbocycles. The Morgan fingerprint density at radius 2 is 1.95 bits per heavy atom. The fraction of sp³-hybridized carbons (Fsp3) is 0.800. The minimum Gasteiger partial charge on any atom is -0.302 e. The van der Waals surface area contributed by atoms with Crippen molar-refractivity contribution in [1.29, 1.82) is 0 Å². The molecule has 4 nitrogen and oxygen atoms in total. The zero-order valence-electron chi connectivity index (χ0n) is 12.9. The lowest BCUT2D eigenvalue weighted by Crippen LogP contribution is -2.36. The first kappa shape index (κ1) is 14.5. The number of aromatic nitrogens is 2. The van der Waals surface area contributed by atoms with E-state index in [1.165, 1.54) is 43.5 Å². The maximum atomic E-state index is 4.31. The highest BCUT2D eigenvalue weighted by Crippen LogP contribution is 2.22. The van der Waals surface area contributed by atoms with Crippen molar-refractivity contribution in [3.8, 4) is 0 Å². The van der Waals surface area contributed by atoms with Gasteiger partial charge in [0.15, 0.2) is 0 Å². The van der Waals surface area contributed by atoms with E-state index in [4.69, 9.17) is 0 Å². The van der Waals surface area contributed by atoms with Gasteiger partial charge in [0.05, 0.1) is 6.20 Å².